The van der Waals surface area contributed by atoms with E-state index in [1.54, 1.807) is 49.4 Å². The van der Waals surface area contributed by atoms with E-state index in [4.69, 9.17) is 22.1 Å². The molecule has 1 atom stereocenters. The van der Waals surface area contributed by atoms with E-state index < -0.39 is 17.9 Å². The number of carbonyl (C=O) groups is 3. The molecular formula is C26H25ClN4O4S. The third-order valence-electron chi connectivity index (χ3n) is 5.73. The van der Waals surface area contributed by atoms with Crippen LogP contribution in [-0.2, 0) is 17.6 Å². The molecule has 1 heterocycles. The average molecular weight is 525 g/mol. The van der Waals surface area contributed by atoms with Gasteiger partial charge in [0.25, 0.3) is 17.7 Å². The van der Waals surface area contributed by atoms with Crippen molar-refractivity contribution in [1.29, 1.82) is 0 Å². The molecule has 3 amide bonds. The highest BCUT2D eigenvalue weighted by Crippen LogP contribution is 2.38. The molecule has 10 heteroatoms. The summed E-state index contributed by atoms with van der Waals surface area (Å²) in [6, 6.07) is 13.5. The highest BCUT2D eigenvalue weighted by atomic mass is 35.5. The number of thiophene rings is 1. The van der Waals surface area contributed by atoms with Gasteiger partial charge in [0.15, 0.2) is 6.10 Å². The number of nitrogens with two attached hydrogens (primary N) is 1. The largest absolute Gasteiger partial charge is 0.481 e. The Labute approximate surface area is 217 Å². The molecule has 1 unspecified atom stereocenters. The van der Waals surface area contributed by atoms with Crippen molar-refractivity contribution in [3.05, 3.63) is 80.7 Å². The number of nitrogens with zero attached hydrogens (tertiary/aromatic N) is 1. The van der Waals surface area contributed by atoms with Crippen molar-refractivity contribution < 1.29 is 19.1 Å². The minimum absolute atomic E-state index is 0.359. The van der Waals surface area contributed by atoms with Crippen molar-refractivity contribution in [2.45, 2.75) is 38.7 Å². The molecule has 3 aromatic rings. The monoisotopic (exact) mass is 524 g/mol. The summed E-state index contributed by atoms with van der Waals surface area (Å²) in [6.45, 7) is 1.59. The van der Waals surface area contributed by atoms with E-state index >= 15 is 0 Å². The van der Waals surface area contributed by atoms with Crippen LogP contribution >= 0.6 is 22.9 Å². The summed E-state index contributed by atoms with van der Waals surface area (Å²) >= 11 is 7.47. The molecule has 8 nitrogen and oxygen atoms in total. The molecule has 36 heavy (non-hydrogen) atoms. The number of benzene rings is 2. The Balaban J connectivity index is 1.35. The first kappa shape index (κ1) is 25.4. The number of rotatable bonds is 8. The Morgan fingerprint density at radius 2 is 1.83 bits per heavy atom. The minimum atomic E-state index is -0.830. The van der Waals surface area contributed by atoms with E-state index in [9.17, 15) is 14.4 Å². The van der Waals surface area contributed by atoms with Crippen molar-refractivity contribution in [2.75, 3.05) is 5.32 Å². The van der Waals surface area contributed by atoms with Gasteiger partial charge in [-0.2, -0.15) is 5.10 Å². The quantitative estimate of drug-likeness (QED) is 0.295. The predicted octanol–water partition coefficient (Wildman–Crippen LogP) is 4.55. The normalized spacial score (nSPS) is 13.6. The van der Waals surface area contributed by atoms with Gasteiger partial charge >= 0.3 is 0 Å². The number of aryl methyl sites for hydroxylation is 1. The first-order valence-corrected chi connectivity index (χ1v) is 12.6. The number of anilines is 1. The summed E-state index contributed by atoms with van der Waals surface area (Å²) in [5, 5.41) is 7.75. The summed E-state index contributed by atoms with van der Waals surface area (Å²) in [6.07, 6.45) is 4.37. The smallest absolute Gasteiger partial charge is 0.280 e. The molecule has 1 aliphatic carbocycles. The van der Waals surface area contributed by atoms with Crippen LogP contribution in [-0.4, -0.2) is 30.0 Å². The van der Waals surface area contributed by atoms with E-state index in [0.717, 1.165) is 36.1 Å². The van der Waals surface area contributed by atoms with Gasteiger partial charge in [-0.25, -0.2) is 5.43 Å². The number of hydrogen-bond acceptors (Lipinski definition) is 6. The lowest BCUT2D eigenvalue weighted by Crippen LogP contribution is -2.33. The van der Waals surface area contributed by atoms with Crippen LogP contribution in [0.5, 0.6) is 5.75 Å². The SMILES string of the molecule is CC(Oc1ccc(C(=O)Nc2sc3c(c2C(N)=O)CCCC3)cc1)C(=O)NN=Cc1ccccc1Cl. The van der Waals surface area contributed by atoms with Gasteiger partial charge in [-0.15, -0.1) is 11.3 Å². The molecule has 0 saturated heterocycles. The van der Waals surface area contributed by atoms with E-state index in [1.807, 2.05) is 6.07 Å². The highest BCUT2D eigenvalue weighted by molar-refractivity contribution is 7.17. The van der Waals surface area contributed by atoms with Crippen LogP contribution in [0.3, 0.4) is 0 Å². The third kappa shape index (κ3) is 5.92. The molecule has 4 N–H and O–H groups in total. The van der Waals surface area contributed by atoms with Crippen molar-refractivity contribution in [1.82, 2.24) is 5.43 Å². The van der Waals surface area contributed by atoms with Gasteiger partial charge in [0.1, 0.15) is 10.8 Å². The van der Waals surface area contributed by atoms with Crippen molar-refractivity contribution in [2.24, 2.45) is 10.8 Å². The average Bonchev–Trinajstić information content (AvgIpc) is 3.23. The molecular weight excluding hydrogens is 500 g/mol. The van der Waals surface area contributed by atoms with Crippen LogP contribution in [0.15, 0.2) is 53.6 Å². The van der Waals surface area contributed by atoms with Crippen LogP contribution < -0.4 is 21.2 Å². The van der Waals surface area contributed by atoms with E-state index in [-0.39, 0.29) is 5.91 Å². The van der Waals surface area contributed by atoms with Crippen molar-refractivity contribution in [3.63, 3.8) is 0 Å². The molecule has 4 rings (SSSR count). The summed E-state index contributed by atoms with van der Waals surface area (Å²) in [5.41, 5.74) is 10.5. The standard InChI is InChI=1S/C26H25ClN4O4S/c1-15(24(33)31-29-14-17-6-2-4-8-20(17)27)35-18-12-10-16(11-13-18)25(34)30-26-22(23(28)32)19-7-3-5-9-21(19)36-26/h2,4,6,8,10-15H,3,5,7,9H2,1H3,(H2,28,32)(H,30,34)(H,31,33). The van der Waals surface area contributed by atoms with Crippen LogP contribution in [0.25, 0.3) is 0 Å². The molecule has 186 valence electrons. The molecule has 0 bridgehead atoms. The maximum Gasteiger partial charge on any atom is 0.280 e. The van der Waals surface area contributed by atoms with E-state index in [2.05, 4.69) is 15.8 Å². The van der Waals surface area contributed by atoms with Gasteiger partial charge in [-0.3, -0.25) is 14.4 Å². The lowest BCUT2D eigenvalue weighted by molar-refractivity contribution is -0.127. The Morgan fingerprint density at radius 1 is 1.11 bits per heavy atom. The number of fused-ring (bicyclic) bond motifs is 1. The number of hydrogen-bond donors (Lipinski definition) is 3. The fourth-order valence-corrected chi connectivity index (χ4v) is 5.34. The summed E-state index contributed by atoms with van der Waals surface area (Å²) in [7, 11) is 0. The Hall–Kier alpha value is -3.69. The molecule has 1 aliphatic rings. The zero-order valence-corrected chi connectivity index (χ0v) is 21.1. The second-order valence-corrected chi connectivity index (χ2v) is 9.79. The number of primary amides is 1. The second kappa shape index (κ2) is 11.4. The van der Waals surface area contributed by atoms with Gasteiger partial charge < -0.3 is 15.8 Å². The highest BCUT2D eigenvalue weighted by Gasteiger charge is 2.25. The summed E-state index contributed by atoms with van der Waals surface area (Å²) in [4.78, 5) is 38.3. The van der Waals surface area contributed by atoms with Gasteiger partial charge in [0.2, 0.25) is 0 Å². The molecule has 0 spiro atoms. The van der Waals surface area contributed by atoms with Crippen LogP contribution in [0, 0.1) is 0 Å². The summed E-state index contributed by atoms with van der Waals surface area (Å²) in [5.74, 6) is -0.922. The minimum Gasteiger partial charge on any atom is -0.481 e. The molecule has 0 radical (unpaired) electrons. The van der Waals surface area contributed by atoms with Crippen LogP contribution in [0.1, 0.15) is 56.5 Å². The topological polar surface area (TPSA) is 123 Å². The first-order chi connectivity index (χ1) is 17.3. The van der Waals surface area contributed by atoms with E-state index in [1.165, 1.54) is 17.6 Å². The first-order valence-electron chi connectivity index (χ1n) is 11.4. The number of carbonyl (C=O) groups excluding carboxylic acids is 3. The molecule has 0 aliphatic heterocycles. The lowest BCUT2D eigenvalue weighted by Gasteiger charge is -2.13. The summed E-state index contributed by atoms with van der Waals surface area (Å²) < 4.78 is 5.66. The van der Waals surface area contributed by atoms with Gasteiger partial charge in [0, 0.05) is 21.0 Å². The second-order valence-electron chi connectivity index (χ2n) is 8.27. The number of hydrazone groups is 1. The Kier molecular flexibility index (Phi) is 8.02. The van der Waals surface area contributed by atoms with Crippen LogP contribution in [0.2, 0.25) is 5.02 Å². The number of amides is 3. The van der Waals surface area contributed by atoms with Gasteiger partial charge in [-0.05, 0) is 68.5 Å². The van der Waals surface area contributed by atoms with Crippen molar-refractivity contribution >= 4 is 51.9 Å². The molecule has 0 saturated carbocycles. The fourth-order valence-electron chi connectivity index (χ4n) is 3.87. The molecule has 1 aromatic heterocycles. The van der Waals surface area contributed by atoms with E-state index in [0.29, 0.717) is 32.5 Å². The van der Waals surface area contributed by atoms with Gasteiger partial charge in [0.05, 0.1) is 11.8 Å². The zero-order valence-electron chi connectivity index (χ0n) is 19.5. The number of nitrogens with one attached hydrogen (secondary N) is 2. The Morgan fingerprint density at radius 3 is 2.56 bits per heavy atom. The van der Waals surface area contributed by atoms with Gasteiger partial charge in [-0.1, -0.05) is 29.8 Å². The predicted molar refractivity (Wildman–Crippen MR) is 141 cm³/mol. The third-order valence-corrected chi connectivity index (χ3v) is 7.28. The Bertz CT molecular complexity index is 1320. The zero-order chi connectivity index (χ0) is 25.7. The van der Waals surface area contributed by atoms with Crippen LogP contribution in [0.4, 0.5) is 5.00 Å². The maximum atomic E-state index is 12.8. The number of ether oxygens (including phenoxy) is 1. The number of halogens is 1. The lowest BCUT2D eigenvalue weighted by atomic mass is 9.95. The van der Waals surface area contributed by atoms with Crippen molar-refractivity contribution in [3.8, 4) is 5.75 Å². The maximum absolute atomic E-state index is 12.8. The molecule has 0 fully saturated rings. The molecule has 2 aromatic carbocycles. The fraction of sp³-hybridized carbons (Fsp3) is 0.231.